The summed E-state index contributed by atoms with van der Waals surface area (Å²) in [4.78, 5) is 96.8. The molecule has 12 aromatic rings. The van der Waals surface area contributed by atoms with Crippen LogP contribution in [0.2, 0.25) is 0 Å². The Balaban J connectivity index is 0.000000140. The minimum Gasteiger partial charge on any atom is -0.435 e. The first-order valence-corrected chi connectivity index (χ1v) is 34.3. The molecule has 3 fully saturated rings. The molecule has 3 aromatic carbocycles. The van der Waals surface area contributed by atoms with E-state index in [-0.39, 0.29) is 86.4 Å². The summed E-state index contributed by atoms with van der Waals surface area (Å²) in [7, 11) is 2.11. The van der Waals surface area contributed by atoms with Crippen molar-refractivity contribution in [3.05, 3.63) is 180 Å². The Morgan fingerprint density at radius 1 is 0.429 bits per heavy atom. The minimum atomic E-state index is -0.533. The number of ether oxygens (including phenoxy) is 3. The van der Waals surface area contributed by atoms with Crippen LogP contribution in [0.25, 0.3) is 32.7 Å². The molecule has 0 radical (unpaired) electrons. The van der Waals surface area contributed by atoms with E-state index in [4.69, 9.17) is 14.2 Å². The van der Waals surface area contributed by atoms with Gasteiger partial charge in [0.05, 0.1) is 35.7 Å². The summed E-state index contributed by atoms with van der Waals surface area (Å²) in [5.41, 5.74) is 7.93. The SMILES string of the molecule is CC(=O)c1c(Nc2ccc(N3CCN(C)CC3)cn2)ncnc1Oc1ccc2[nH]c(C)cc2c1F.CC(=O)c1c(Nc2ccc(N3CCNCC3)cn2)ncnc1Oc1ccc2[nH]c(C)cc2c1F.CCN1CCN(c2ccc(Nc3ncnc(Oc4ccc5[nH]c(C)cc5c4F)c3C(C)=O)nc2)CC1. The smallest absolute Gasteiger partial charge is 0.235 e. The zero-order chi connectivity index (χ0) is 73.4. The van der Waals surface area contributed by atoms with Crippen molar-refractivity contribution in [1.82, 2.24) is 74.9 Å². The number of Topliss-reactive ketones (excluding diaryl/α,β-unsaturated/α-hetero) is 3. The zero-order valence-corrected chi connectivity index (χ0v) is 59.2. The number of piperazine rings is 3. The predicted molar refractivity (Wildman–Crippen MR) is 397 cm³/mol. The van der Waals surface area contributed by atoms with Crippen LogP contribution >= 0.6 is 0 Å². The number of ketones is 3. The number of pyridine rings is 3. The van der Waals surface area contributed by atoms with E-state index in [1.807, 2.05) is 57.2 Å². The summed E-state index contributed by atoms with van der Waals surface area (Å²) >= 11 is 0. The van der Waals surface area contributed by atoms with Crippen LogP contribution in [0.3, 0.4) is 0 Å². The molecular weight excluding hydrogens is 1350 g/mol. The lowest BCUT2D eigenvalue weighted by atomic mass is 10.2. The molecule has 3 aliphatic heterocycles. The van der Waals surface area contributed by atoms with Gasteiger partial charge in [-0.15, -0.1) is 0 Å². The van der Waals surface area contributed by atoms with Crippen molar-refractivity contribution < 1.29 is 41.8 Å². The Morgan fingerprint density at radius 3 is 1.06 bits per heavy atom. The van der Waals surface area contributed by atoms with Gasteiger partial charge in [0, 0.05) is 128 Å². The fourth-order valence-electron chi connectivity index (χ4n) is 12.6. The van der Waals surface area contributed by atoms with Gasteiger partial charge in [-0.1, -0.05) is 6.92 Å². The fraction of sp³-hybridized carbons (Fsp3) is 0.280. The molecule has 0 bridgehead atoms. The highest BCUT2D eigenvalue weighted by atomic mass is 19.1. The molecule has 30 heteroatoms. The van der Waals surface area contributed by atoms with Gasteiger partial charge in [-0.05, 0) is 146 Å². The molecule has 7 N–H and O–H groups in total. The Bertz CT molecular complexity index is 5130. The normalized spacial score (nSPS) is 14.1. The summed E-state index contributed by atoms with van der Waals surface area (Å²) in [6.07, 6.45) is 9.17. The number of fused-ring (bicyclic) bond motifs is 3. The van der Waals surface area contributed by atoms with Crippen LogP contribution in [-0.2, 0) is 0 Å². The lowest BCUT2D eigenvalue weighted by molar-refractivity contribution is 0.100. The first-order chi connectivity index (χ1) is 50.8. The van der Waals surface area contributed by atoms with Gasteiger partial charge in [0.15, 0.2) is 52.0 Å². The first kappa shape index (κ1) is 71.3. The number of carbonyl (C=O) groups excluding carboxylic acids is 3. The van der Waals surface area contributed by atoms with E-state index in [9.17, 15) is 14.4 Å². The quantitative estimate of drug-likeness (QED) is 0.0370. The number of aromatic amines is 3. The van der Waals surface area contributed by atoms with E-state index in [1.165, 1.54) is 58.0 Å². The van der Waals surface area contributed by atoms with Gasteiger partial charge >= 0.3 is 0 Å². The number of carbonyl (C=O) groups is 3. The number of H-pyrrole nitrogens is 3. The lowest BCUT2D eigenvalue weighted by Gasteiger charge is -2.35. The monoisotopic (exact) mass is 1430 g/mol. The number of nitrogens with zero attached hydrogens (tertiary/aromatic N) is 14. The molecule has 12 heterocycles. The molecule has 540 valence electrons. The highest BCUT2D eigenvalue weighted by Crippen LogP contribution is 2.38. The van der Waals surface area contributed by atoms with Gasteiger partial charge in [-0.2, -0.15) is 0 Å². The zero-order valence-electron chi connectivity index (χ0n) is 59.2. The third-order valence-electron chi connectivity index (χ3n) is 18.1. The standard InChI is InChI=1S/C26H28FN7O2.C25H26FN7O2.C24H24FN7O2/c1-4-33-9-11-34(12-10-33)18-5-8-22(28-14-18)32-25-23(17(3)35)26(30-15-29-25)36-21-7-6-20-19(24(21)27)13-16(2)31-20;1-15-12-18-19(30-15)5-6-20(23(18)26)35-25-22(16(2)34)24(28-14-29-25)31-21-7-4-17(13-27-21)33-10-8-32(3)9-11-33;1-14-11-17-18(30-14)4-5-19(22(17)25)34-24-21(15(2)33)23(28-13-29-24)31-20-6-3-16(12-27-20)32-9-7-26-8-10-32/h5-8,13-15,31H,4,9-12H2,1-3H3,(H,28,29,30,32);4-7,12-14,30H,8-11H2,1-3H3,(H,27,28,29,31);3-6,11-13,26,30H,7-10H2,1-2H3,(H,27,28,29,31). The molecule has 9 aromatic heterocycles. The van der Waals surface area contributed by atoms with Crippen LogP contribution in [0, 0.1) is 38.2 Å². The number of hydrogen-bond acceptors (Lipinski definition) is 24. The van der Waals surface area contributed by atoms with E-state index in [0.717, 1.165) is 119 Å². The van der Waals surface area contributed by atoms with Crippen LogP contribution in [0.4, 0.5) is 65.1 Å². The second-order valence-corrected chi connectivity index (χ2v) is 25.6. The number of likely N-dealkylation sites (N-methyl/N-ethyl adjacent to an activating group) is 2. The summed E-state index contributed by atoms with van der Waals surface area (Å²) in [5.74, 6) is -0.484. The van der Waals surface area contributed by atoms with E-state index in [2.05, 4.69) is 120 Å². The first-order valence-electron chi connectivity index (χ1n) is 34.3. The maximum atomic E-state index is 15.1. The van der Waals surface area contributed by atoms with Gasteiger partial charge in [0.1, 0.15) is 70.6 Å². The number of halogens is 3. The van der Waals surface area contributed by atoms with Gasteiger partial charge in [0.25, 0.3) is 0 Å². The van der Waals surface area contributed by atoms with E-state index < -0.39 is 17.5 Å². The van der Waals surface area contributed by atoms with E-state index in [1.54, 1.807) is 55.0 Å². The second-order valence-electron chi connectivity index (χ2n) is 25.6. The fourth-order valence-corrected chi connectivity index (χ4v) is 12.6. The number of aryl methyl sites for hydroxylation is 3. The van der Waals surface area contributed by atoms with Crippen molar-refractivity contribution in [3.63, 3.8) is 0 Å². The van der Waals surface area contributed by atoms with Gasteiger partial charge < -0.3 is 74.9 Å². The van der Waals surface area contributed by atoms with Crippen LogP contribution in [0.15, 0.2) is 129 Å². The van der Waals surface area contributed by atoms with Gasteiger partial charge in [-0.3, -0.25) is 14.4 Å². The summed E-state index contributed by atoms with van der Waals surface area (Å²) in [5, 5.41) is 13.8. The molecule has 15 rings (SSSR count). The summed E-state index contributed by atoms with van der Waals surface area (Å²) < 4.78 is 62.5. The Morgan fingerprint density at radius 2 is 0.752 bits per heavy atom. The average molecular weight is 1430 g/mol. The number of anilines is 9. The third-order valence-corrected chi connectivity index (χ3v) is 18.1. The number of aromatic nitrogens is 12. The van der Waals surface area contributed by atoms with E-state index >= 15 is 13.2 Å². The second kappa shape index (κ2) is 31.6. The molecule has 3 saturated heterocycles. The largest absolute Gasteiger partial charge is 0.435 e. The highest BCUT2D eigenvalue weighted by molar-refractivity contribution is 6.03. The summed E-state index contributed by atoms with van der Waals surface area (Å²) in [6, 6.07) is 26.2. The maximum absolute atomic E-state index is 15.1. The number of benzene rings is 3. The Labute approximate surface area is 602 Å². The molecule has 0 atom stereocenters. The minimum absolute atomic E-state index is 0.0284. The molecular formula is C75H78F3N21O6. The predicted octanol–water partition coefficient (Wildman–Crippen LogP) is 12.9. The van der Waals surface area contributed by atoms with Crippen LogP contribution < -0.4 is 50.2 Å². The maximum Gasteiger partial charge on any atom is 0.235 e. The van der Waals surface area contributed by atoms with Crippen LogP contribution in [0.1, 0.15) is 75.9 Å². The van der Waals surface area contributed by atoms with Gasteiger partial charge in [0.2, 0.25) is 17.6 Å². The number of hydrogen-bond donors (Lipinski definition) is 7. The highest BCUT2D eigenvalue weighted by Gasteiger charge is 2.26. The molecule has 0 unspecified atom stereocenters. The number of nitrogens with one attached hydrogen (secondary N) is 7. The van der Waals surface area contributed by atoms with Crippen LogP contribution in [-0.4, -0.2) is 179 Å². The molecule has 0 saturated carbocycles. The van der Waals surface area contributed by atoms with E-state index in [0.29, 0.717) is 50.2 Å². The Hall–Kier alpha value is -12.2. The number of rotatable bonds is 19. The molecule has 3 aliphatic rings. The third kappa shape index (κ3) is 16.4. The lowest BCUT2D eigenvalue weighted by Crippen LogP contribution is -2.46. The molecule has 0 spiro atoms. The average Bonchev–Trinajstić information content (AvgIpc) is 1.78. The van der Waals surface area contributed by atoms with Gasteiger partial charge in [-0.25, -0.2) is 58.0 Å². The van der Waals surface area contributed by atoms with Crippen molar-refractivity contribution in [2.75, 3.05) is 123 Å². The van der Waals surface area contributed by atoms with Crippen molar-refractivity contribution in [2.45, 2.75) is 48.5 Å². The topological polar surface area (TPSA) is 307 Å². The molecule has 0 aliphatic carbocycles. The van der Waals surface area contributed by atoms with Crippen molar-refractivity contribution in [1.29, 1.82) is 0 Å². The summed E-state index contributed by atoms with van der Waals surface area (Å²) in [6.45, 7) is 24.5. The van der Waals surface area contributed by atoms with Crippen molar-refractivity contribution >= 4 is 102 Å². The molecule has 0 amide bonds. The van der Waals surface area contributed by atoms with Crippen molar-refractivity contribution in [2.24, 2.45) is 0 Å². The Kier molecular flexibility index (Phi) is 21.5. The van der Waals surface area contributed by atoms with Crippen LogP contribution in [0.5, 0.6) is 34.9 Å². The molecule has 105 heavy (non-hydrogen) atoms. The molecule has 27 nitrogen and oxygen atoms in total. The van der Waals surface area contributed by atoms with Crippen molar-refractivity contribution in [3.8, 4) is 34.9 Å².